The maximum Gasteiger partial charge on any atom is 0.0593 e. The normalized spacial score (nSPS) is 28.2. The van der Waals surface area contributed by atoms with Crippen LogP contribution in [0.15, 0.2) is 0 Å². The van der Waals surface area contributed by atoms with Crippen LogP contribution in [-0.2, 0) is 4.74 Å². The molecule has 18 heavy (non-hydrogen) atoms. The lowest BCUT2D eigenvalue weighted by atomic mass is 10.1. The molecule has 0 radical (unpaired) electrons. The average molecular weight is 254 g/mol. The first-order chi connectivity index (χ1) is 8.81. The zero-order chi connectivity index (χ0) is 12.8. The Morgan fingerprint density at radius 2 is 2.06 bits per heavy atom. The molecule has 0 aliphatic heterocycles. The Balaban J connectivity index is 1.61. The molecular weight excluding hydrogens is 224 g/mol. The van der Waals surface area contributed by atoms with Crippen molar-refractivity contribution in [3.8, 4) is 0 Å². The van der Waals surface area contributed by atoms with E-state index < -0.39 is 0 Å². The van der Waals surface area contributed by atoms with Gasteiger partial charge in [-0.3, -0.25) is 4.90 Å². The Bertz CT molecular complexity index is 231. The van der Waals surface area contributed by atoms with E-state index in [1.165, 1.54) is 38.5 Å². The molecule has 2 aliphatic rings. The summed E-state index contributed by atoms with van der Waals surface area (Å²) in [4.78, 5) is 2.51. The molecule has 2 saturated carbocycles. The van der Waals surface area contributed by atoms with Gasteiger partial charge in [-0.15, -0.1) is 0 Å². The second-order valence-electron chi connectivity index (χ2n) is 6.06. The van der Waals surface area contributed by atoms with Gasteiger partial charge in [0.15, 0.2) is 0 Å². The summed E-state index contributed by atoms with van der Waals surface area (Å²) < 4.78 is 5.74. The van der Waals surface area contributed by atoms with Gasteiger partial charge in [0, 0.05) is 25.2 Å². The van der Waals surface area contributed by atoms with E-state index in [-0.39, 0.29) is 0 Å². The van der Waals surface area contributed by atoms with Crippen LogP contribution in [0.5, 0.6) is 0 Å². The van der Waals surface area contributed by atoms with Crippen molar-refractivity contribution >= 4 is 0 Å². The minimum absolute atomic E-state index is 0.707. The zero-order valence-electron chi connectivity index (χ0n) is 12.2. The Morgan fingerprint density at radius 1 is 1.22 bits per heavy atom. The van der Waals surface area contributed by atoms with E-state index >= 15 is 0 Å². The molecule has 0 saturated heterocycles. The van der Waals surface area contributed by atoms with E-state index in [9.17, 15) is 0 Å². The molecule has 0 aromatic heterocycles. The predicted molar refractivity (Wildman–Crippen MR) is 75.9 cm³/mol. The fourth-order valence-corrected chi connectivity index (χ4v) is 2.94. The van der Waals surface area contributed by atoms with Gasteiger partial charge in [0.25, 0.3) is 0 Å². The van der Waals surface area contributed by atoms with E-state index in [4.69, 9.17) is 4.74 Å². The summed E-state index contributed by atoms with van der Waals surface area (Å²) in [5.41, 5.74) is 0. The van der Waals surface area contributed by atoms with Crippen molar-refractivity contribution in [2.45, 2.75) is 57.5 Å². The van der Waals surface area contributed by atoms with Gasteiger partial charge in [-0.1, -0.05) is 13.3 Å². The number of hydrogen-bond donors (Lipinski definition) is 1. The highest BCUT2D eigenvalue weighted by Gasteiger charge is 2.29. The number of ether oxygens (including phenoxy) is 1. The van der Waals surface area contributed by atoms with Gasteiger partial charge in [-0.05, 0) is 51.6 Å². The van der Waals surface area contributed by atoms with Gasteiger partial charge in [-0.25, -0.2) is 0 Å². The fraction of sp³-hybridized carbons (Fsp3) is 1.00. The fourth-order valence-electron chi connectivity index (χ4n) is 2.94. The third-order valence-electron chi connectivity index (χ3n) is 4.34. The lowest BCUT2D eigenvalue weighted by molar-refractivity contribution is 0.0875. The highest BCUT2D eigenvalue weighted by Crippen LogP contribution is 2.28. The average Bonchev–Trinajstić information content (AvgIpc) is 3.08. The topological polar surface area (TPSA) is 24.5 Å². The van der Waals surface area contributed by atoms with Crippen molar-refractivity contribution in [2.24, 2.45) is 5.92 Å². The first kappa shape index (κ1) is 14.3. The number of hydrogen-bond acceptors (Lipinski definition) is 3. The second-order valence-corrected chi connectivity index (χ2v) is 6.06. The first-order valence-corrected chi connectivity index (χ1v) is 7.82. The minimum atomic E-state index is 0.707. The van der Waals surface area contributed by atoms with Gasteiger partial charge in [-0.2, -0.15) is 0 Å². The van der Waals surface area contributed by atoms with Crippen LogP contribution >= 0.6 is 0 Å². The van der Waals surface area contributed by atoms with Crippen LogP contribution in [-0.4, -0.2) is 50.3 Å². The molecule has 2 fully saturated rings. The molecule has 0 amide bonds. The summed E-state index contributed by atoms with van der Waals surface area (Å²) in [6.45, 7) is 6.39. The Morgan fingerprint density at radius 3 is 2.78 bits per heavy atom. The van der Waals surface area contributed by atoms with Gasteiger partial charge >= 0.3 is 0 Å². The smallest absolute Gasteiger partial charge is 0.0593 e. The van der Waals surface area contributed by atoms with E-state index in [0.29, 0.717) is 6.04 Å². The molecule has 2 atom stereocenters. The molecule has 0 aromatic rings. The highest BCUT2D eigenvalue weighted by atomic mass is 16.5. The van der Waals surface area contributed by atoms with Crippen LogP contribution in [0, 0.1) is 5.92 Å². The van der Waals surface area contributed by atoms with Crippen molar-refractivity contribution in [2.75, 3.05) is 33.4 Å². The molecule has 0 heterocycles. The molecular formula is C15H30N2O. The van der Waals surface area contributed by atoms with Crippen LogP contribution in [0.25, 0.3) is 0 Å². The summed E-state index contributed by atoms with van der Waals surface area (Å²) in [6.07, 6.45) is 8.08. The van der Waals surface area contributed by atoms with Crippen LogP contribution in [0.3, 0.4) is 0 Å². The highest BCUT2D eigenvalue weighted by molar-refractivity contribution is 4.89. The van der Waals surface area contributed by atoms with E-state index in [1.807, 2.05) is 0 Å². The molecule has 0 spiro atoms. The van der Waals surface area contributed by atoms with Crippen molar-refractivity contribution in [1.29, 1.82) is 0 Å². The van der Waals surface area contributed by atoms with Crippen LogP contribution < -0.4 is 5.32 Å². The van der Waals surface area contributed by atoms with Crippen LogP contribution in [0.2, 0.25) is 0 Å². The first-order valence-electron chi connectivity index (χ1n) is 7.82. The summed E-state index contributed by atoms with van der Waals surface area (Å²) >= 11 is 0. The Hall–Kier alpha value is -0.120. The second kappa shape index (κ2) is 7.46. The van der Waals surface area contributed by atoms with Gasteiger partial charge in [0.1, 0.15) is 0 Å². The molecule has 106 valence electrons. The van der Waals surface area contributed by atoms with Gasteiger partial charge in [0.05, 0.1) is 6.61 Å². The van der Waals surface area contributed by atoms with Crippen LogP contribution in [0.4, 0.5) is 0 Å². The lowest BCUT2D eigenvalue weighted by Crippen LogP contribution is -2.46. The van der Waals surface area contributed by atoms with Crippen molar-refractivity contribution in [3.05, 3.63) is 0 Å². The lowest BCUT2D eigenvalue weighted by Gasteiger charge is -2.30. The Kier molecular flexibility index (Phi) is 5.93. The molecule has 0 bridgehead atoms. The zero-order valence-corrected chi connectivity index (χ0v) is 12.2. The van der Waals surface area contributed by atoms with E-state index in [1.54, 1.807) is 0 Å². The quantitative estimate of drug-likeness (QED) is 0.639. The largest absolute Gasteiger partial charge is 0.380 e. The van der Waals surface area contributed by atoms with Gasteiger partial charge < -0.3 is 10.1 Å². The third kappa shape index (κ3) is 4.52. The molecule has 0 aromatic carbocycles. The summed E-state index contributed by atoms with van der Waals surface area (Å²) in [7, 11) is 2.26. The Labute approximate surface area is 112 Å². The predicted octanol–water partition coefficient (Wildman–Crippen LogP) is 2.27. The molecule has 1 N–H and O–H groups in total. The molecule has 3 nitrogen and oxygen atoms in total. The molecule has 3 heteroatoms. The monoisotopic (exact) mass is 254 g/mol. The maximum absolute atomic E-state index is 5.74. The number of nitrogens with one attached hydrogen (secondary N) is 1. The van der Waals surface area contributed by atoms with Gasteiger partial charge in [0.2, 0.25) is 0 Å². The summed E-state index contributed by atoms with van der Waals surface area (Å²) in [5.74, 6) is 0.890. The molecule has 2 unspecified atom stereocenters. The van der Waals surface area contributed by atoms with E-state index in [0.717, 1.165) is 38.3 Å². The van der Waals surface area contributed by atoms with Crippen molar-refractivity contribution in [1.82, 2.24) is 10.2 Å². The summed E-state index contributed by atoms with van der Waals surface area (Å²) in [6, 6.07) is 1.43. The molecule has 2 aliphatic carbocycles. The number of likely N-dealkylation sites (N-methyl/N-ethyl adjacent to an activating group) is 1. The SMILES string of the molecule is CCCNC1CCCC1N(C)CCOCC1CC1. The van der Waals surface area contributed by atoms with Crippen molar-refractivity contribution < 1.29 is 4.74 Å². The summed E-state index contributed by atoms with van der Waals surface area (Å²) in [5, 5.41) is 3.70. The number of rotatable bonds is 9. The third-order valence-corrected chi connectivity index (χ3v) is 4.34. The van der Waals surface area contributed by atoms with Crippen molar-refractivity contribution in [3.63, 3.8) is 0 Å². The minimum Gasteiger partial charge on any atom is -0.380 e. The molecule has 2 rings (SSSR count). The van der Waals surface area contributed by atoms with Crippen LogP contribution in [0.1, 0.15) is 45.4 Å². The number of nitrogens with zero attached hydrogens (tertiary/aromatic N) is 1. The standard InChI is InChI=1S/C15H30N2O/c1-3-9-16-14-5-4-6-15(14)17(2)10-11-18-12-13-7-8-13/h13-16H,3-12H2,1-2H3. The maximum atomic E-state index is 5.74. The van der Waals surface area contributed by atoms with E-state index in [2.05, 4.69) is 24.2 Å².